The maximum atomic E-state index is 13.3. The fourth-order valence-corrected chi connectivity index (χ4v) is 5.61. The number of rotatable bonds is 8. The molecule has 0 radical (unpaired) electrons. The van der Waals surface area contributed by atoms with Gasteiger partial charge in [-0.25, -0.2) is 4.79 Å². The third-order valence-electron chi connectivity index (χ3n) is 7.72. The molecule has 2 aromatic carbocycles. The van der Waals surface area contributed by atoms with E-state index in [1.54, 1.807) is 0 Å². The molecule has 0 aromatic heterocycles. The van der Waals surface area contributed by atoms with Crippen LogP contribution in [-0.4, -0.2) is 48.3 Å². The summed E-state index contributed by atoms with van der Waals surface area (Å²) in [6, 6.07) is 20.3. The summed E-state index contributed by atoms with van der Waals surface area (Å²) >= 11 is 0. The topological polar surface area (TPSA) is 46.5 Å². The lowest BCUT2D eigenvalue weighted by atomic mass is 9.80. The van der Waals surface area contributed by atoms with Crippen molar-refractivity contribution in [1.82, 2.24) is 0 Å². The van der Waals surface area contributed by atoms with Gasteiger partial charge in [0.2, 0.25) is 0 Å². The zero-order valence-electron chi connectivity index (χ0n) is 18.7. The van der Waals surface area contributed by atoms with E-state index in [2.05, 4.69) is 37.4 Å². The number of esters is 1. The predicted octanol–water partition coefficient (Wildman–Crippen LogP) is 4.46. The lowest BCUT2D eigenvalue weighted by Crippen LogP contribution is -2.52. The monoisotopic (exact) mass is 422 g/mol. The number of benzene rings is 2. The molecule has 4 heteroatoms. The van der Waals surface area contributed by atoms with Crippen LogP contribution in [0, 0.1) is 5.92 Å². The molecule has 1 N–H and O–H groups in total. The summed E-state index contributed by atoms with van der Waals surface area (Å²) < 4.78 is 6.83. The van der Waals surface area contributed by atoms with Gasteiger partial charge in [-0.3, -0.25) is 0 Å². The number of likely N-dealkylation sites (tertiary alicyclic amines) is 1. The van der Waals surface area contributed by atoms with Gasteiger partial charge in [-0.15, -0.1) is 0 Å². The average Bonchev–Trinajstić information content (AvgIpc) is 3.48. The molecule has 1 aliphatic heterocycles. The maximum absolute atomic E-state index is 13.3. The Balaban J connectivity index is 1.43. The van der Waals surface area contributed by atoms with E-state index in [-0.39, 0.29) is 12.0 Å². The zero-order chi connectivity index (χ0) is 21.7. The minimum atomic E-state index is -1.54. The Kier molecular flexibility index (Phi) is 6.78. The molecule has 1 saturated carbocycles. The van der Waals surface area contributed by atoms with E-state index >= 15 is 0 Å². The minimum Gasteiger partial charge on any atom is -0.457 e. The van der Waals surface area contributed by atoms with Crippen LogP contribution in [0.5, 0.6) is 0 Å². The van der Waals surface area contributed by atoms with E-state index in [9.17, 15) is 9.90 Å². The second-order valence-corrected chi connectivity index (χ2v) is 9.67. The Hall–Kier alpha value is -2.17. The summed E-state index contributed by atoms with van der Waals surface area (Å²) in [7, 11) is 2.29. The molecule has 1 heterocycles. The van der Waals surface area contributed by atoms with Crippen LogP contribution >= 0.6 is 0 Å². The summed E-state index contributed by atoms with van der Waals surface area (Å²) in [5, 5.41) is 11.6. The SMILES string of the molecule is C[N+]1(CCc2ccccc2)CCC[C@@H]1COC(=O)C(O)(c1ccccc1)C1CCCC1. The molecule has 2 unspecified atom stereocenters. The number of ether oxygens (including phenoxy) is 1. The van der Waals surface area contributed by atoms with Crippen LogP contribution < -0.4 is 0 Å². The number of carbonyl (C=O) groups is 1. The number of hydrogen-bond acceptors (Lipinski definition) is 3. The molecule has 166 valence electrons. The molecule has 1 aliphatic carbocycles. The lowest BCUT2D eigenvalue weighted by molar-refractivity contribution is -0.921. The third-order valence-corrected chi connectivity index (χ3v) is 7.72. The second-order valence-electron chi connectivity index (χ2n) is 9.67. The number of hydrogen-bond donors (Lipinski definition) is 1. The average molecular weight is 423 g/mol. The van der Waals surface area contributed by atoms with Gasteiger partial charge in [0, 0.05) is 25.2 Å². The van der Waals surface area contributed by atoms with Gasteiger partial charge in [0.05, 0.1) is 20.1 Å². The normalized spacial score (nSPS) is 25.9. The van der Waals surface area contributed by atoms with Crippen molar-refractivity contribution in [2.45, 2.75) is 56.6 Å². The molecular weight excluding hydrogens is 386 g/mol. The molecule has 31 heavy (non-hydrogen) atoms. The maximum Gasteiger partial charge on any atom is 0.343 e. The van der Waals surface area contributed by atoms with Gasteiger partial charge in [0.25, 0.3) is 0 Å². The fourth-order valence-electron chi connectivity index (χ4n) is 5.61. The van der Waals surface area contributed by atoms with E-state index in [1.165, 1.54) is 5.56 Å². The number of carbonyl (C=O) groups excluding carboxylic acids is 1. The standard InChI is InChI=1S/C27H36NO3/c1-28(20-18-22-11-4-2-5-12-22)19-10-17-25(28)21-31-26(29)27(30,24-15-8-9-16-24)23-13-6-3-7-14-23/h2-7,11-14,24-25,30H,8-10,15-21H2,1H3/q+1/t25-,27?,28?/m1/s1. The highest BCUT2D eigenvalue weighted by Gasteiger charge is 2.48. The lowest BCUT2D eigenvalue weighted by Gasteiger charge is -2.37. The molecular formula is C27H36NO3+. The van der Waals surface area contributed by atoms with Crippen molar-refractivity contribution in [2.75, 3.05) is 26.7 Å². The van der Waals surface area contributed by atoms with Crippen LogP contribution in [0.25, 0.3) is 0 Å². The molecule has 0 spiro atoms. The molecule has 4 rings (SSSR count). The molecule has 2 fully saturated rings. The molecule has 2 aliphatic rings. The number of likely N-dealkylation sites (N-methyl/N-ethyl adjacent to an activating group) is 1. The zero-order valence-corrected chi connectivity index (χ0v) is 18.7. The van der Waals surface area contributed by atoms with Gasteiger partial charge in [-0.05, 0) is 24.0 Å². The molecule has 1 saturated heterocycles. The number of quaternary nitrogens is 1. The van der Waals surface area contributed by atoms with Crippen LogP contribution in [0.1, 0.15) is 49.7 Å². The number of nitrogens with zero attached hydrogens (tertiary/aromatic N) is 1. The van der Waals surface area contributed by atoms with Crippen molar-refractivity contribution in [3.8, 4) is 0 Å². The molecule has 0 amide bonds. The van der Waals surface area contributed by atoms with Crippen LogP contribution in [0.2, 0.25) is 0 Å². The van der Waals surface area contributed by atoms with Crippen molar-refractivity contribution in [3.63, 3.8) is 0 Å². The van der Waals surface area contributed by atoms with E-state index in [1.807, 2.05) is 30.3 Å². The minimum absolute atomic E-state index is 0.0649. The van der Waals surface area contributed by atoms with Crippen molar-refractivity contribution in [2.24, 2.45) is 5.92 Å². The van der Waals surface area contributed by atoms with Crippen LogP contribution in [0.3, 0.4) is 0 Å². The van der Waals surface area contributed by atoms with Gasteiger partial charge in [-0.2, -0.15) is 0 Å². The molecule has 3 atom stereocenters. The van der Waals surface area contributed by atoms with Crippen LogP contribution in [0.4, 0.5) is 0 Å². The largest absolute Gasteiger partial charge is 0.457 e. The predicted molar refractivity (Wildman–Crippen MR) is 122 cm³/mol. The third kappa shape index (κ3) is 4.70. The Labute approximate surface area is 186 Å². The molecule has 4 nitrogen and oxygen atoms in total. The van der Waals surface area contributed by atoms with Gasteiger partial charge in [0.15, 0.2) is 5.60 Å². The van der Waals surface area contributed by atoms with Crippen LogP contribution in [0.15, 0.2) is 60.7 Å². The van der Waals surface area contributed by atoms with E-state index < -0.39 is 11.6 Å². The summed E-state index contributed by atoms with van der Waals surface area (Å²) in [5.41, 5.74) is 0.480. The fraction of sp³-hybridized carbons (Fsp3) is 0.519. The molecule has 2 aromatic rings. The Morgan fingerprint density at radius 1 is 1.00 bits per heavy atom. The van der Waals surface area contributed by atoms with Crippen LogP contribution in [-0.2, 0) is 21.6 Å². The molecule has 0 bridgehead atoms. The van der Waals surface area contributed by atoms with Crippen molar-refractivity contribution >= 4 is 5.97 Å². The first-order chi connectivity index (χ1) is 15.0. The number of aliphatic hydroxyl groups is 1. The van der Waals surface area contributed by atoms with Gasteiger partial charge in [-0.1, -0.05) is 73.5 Å². The van der Waals surface area contributed by atoms with E-state index in [4.69, 9.17) is 4.74 Å². The van der Waals surface area contributed by atoms with E-state index in [0.29, 0.717) is 12.2 Å². The first-order valence-corrected chi connectivity index (χ1v) is 11.9. The van der Waals surface area contributed by atoms with Crippen molar-refractivity contribution in [3.05, 3.63) is 71.8 Å². The van der Waals surface area contributed by atoms with Gasteiger partial charge < -0.3 is 14.3 Å². The van der Waals surface area contributed by atoms with E-state index in [0.717, 1.165) is 62.5 Å². The highest BCUT2D eigenvalue weighted by molar-refractivity contribution is 5.81. The second kappa shape index (κ2) is 9.54. The van der Waals surface area contributed by atoms with Crippen molar-refractivity contribution < 1.29 is 19.1 Å². The smallest absolute Gasteiger partial charge is 0.343 e. The van der Waals surface area contributed by atoms with Crippen molar-refractivity contribution in [1.29, 1.82) is 0 Å². The quantitative estimate of drug-likeness (QED) is 0.505. The first kappa shape index (κ1) is 22.0. The van der Waals surface area contributed by atoms with Gasteiger partial charge in [0.1, 0.15) is 12.6 Å². The van der Waals surface area contributed by atoms with Gasteiger partial charge >= 0.3 is 5.97 Å². The highest BCUT2D eigenvalue weighted by atomic mass is 16.6. The summed E-state index contributed by atoms with van der Waals surface area (Å²) in [6.07, 6.45) is 7.10. The summed E-state index contributed by atoms with van der Waals surface area (Å²) in [6.45, 7) is 2.53. The first-order valence-electron chi connectivity index (χ1n) is 11.9. The highest BCUT2D eigenvalue weighted by Crippen LogP contribution is 2.41. The Morgan fingerprint density at radius 3 is 2.32 bits per heavy atom. The Bertz CT molecular complexity index is 849. The summed E-state index contributed by atoms with van der Waals surface area (Å²) in [4.78, 5) is 13.3. The summed E-state index contributed by atoms with van der Waals surface area (Å²) in [5.74, 6) is -0.531. The Morgan fingerprint density at radius 2 is 1.65 bits per heavy atom.